The molecule has 2 aromatic carbocycles. The zero-order valence-electron chi connectivity index (χ0n) is 11.3. The maximum atomic E-state index is 12.3. The van der Waals surface area contributed by atoms with Crippen LogP contribution >= 0.6 is 11.6 Å². The molecular formula is C16H15ClN2O2. The van der Waals surface area contributed by atoms with E-state index in [4.69, 9.17) is 11.6 Å². The first kappa shape index (κ1) is 13.9. The van der Waals surface area contributed by atoms with Gasteiger partial charge in [0.15, 0.2) is 0 Å². The predicted molar refractivity (Wildman–Crippen MR) is 82.5 cm³/mol. The summed E-state index contributed by atoms with van der Waals surface area (Å²) in [5, 5.41) is 15.6. The Morgan fingerprint density at radius 2 is 2.00 bits per heavy atom. The second-order valence-electron chi connectivity index (χ2n) is 5.06. The molecular weight excluding hydrogens is 288 g/mol. The lowest BCUT2D eigenvalue weighted by Crippen LogP contribution is -2.44. The average molecular weight is 303 g/mol. The molecule has 0 aliphatic carbocycles. The highest BCUT2D eigenvalue weighted by Gasteiger charge is 2.23. The number of anilines is 1. The second-order valence-corrected chi connectivity index (χ2v) is 5.47. The van der Waals surface area contributed by atoms with E-state index in [0.29, 0.717) is 18.7 Å². The van der Waals surface area contributed by atoms with E-state index in [-0.39, 0.29) is 22.7 Å². The Morgan fingerprint density at radius 3 is 2.76 bits per heavy atom. The molecule has 108 valence electrons. The van der Waals surface area contributed by atoms with Crippen molar-refractivity contribution in [2.24, 2.45) is 0 Å². The molecule has 1 heterocycles. The van der Waals surface area contributed by atoms with E-state index in [2.05, 4.69) is 16.7 Å². The van der Waals surface area contributed by atoms with Crippen molar-refractivity contribution < 1.29 is 9.90 Å². The van der Waals surface area contributed by atoms with Crippen molar-refractivity contribution >= 4 is 23.2 Å². The molecule has 5 heteroatoms. The number of aromatic hydroxyl groups is 1. The number of fused-ring (bicyclic) bond motifs is 1. The summed E-state index contributed by atoms with van der Waals surface area (Å²) in [6.07, 6.45) is 0.661. The fraction of sp³-hybridized carbons (Fsp3) is 0.188. The number of rotatable bonds is 2. The Bertz CT molecular complexity index is 688. The van der Waals surface area contributed by atoms with Gasteiger partial charge in [0, 0.05) is 12.2 Å². The van der Waals surface area contributed by atoms with Crippen LogP contribution in [0.2, 0.25) is 5.02 Å². The molecule has 3 N–H and O–H groups in total. The van der Waals surface area contributed by atoms with E-state index in [0.717, 1.165) is 0 Å². The largest absolute Gasteiger partial charge is 0.506 e. The quantitative estimate of drug-likeness (QED) is 0.748. The zero-order valence-corrected chi connectivity index (χ0v) is 12.0. The third-order valence-corrected chi connectivity index (χ3v) is 3.92. The number of carbonyl (C=O) groups is 1. The number of amides is 1. The maximum Gasteiger partial charge on any atom is 0.241 e. The van der Waals surface area contributed by atoms with Gasteiger partial charge in [0.05, 0.1) is 11.1 Å². The van der Waals surface area contributed by atoms with Gasteiger partial charge in [0.25, 0.3) is 0 Å². The highest BCUT2D eigenvalue weighted by atomic mass is 35.5. The number of phenolic OH excluding ortho intramolecular Hbond substituents is 1. The van der Waals surface area contributed by atoms with E-state index >= 15 is 0 Å². The molecule has 2 aromatic rings. The van der Waals surface area contributed by atoms with Crippen molar-refractivity contribution in [1.82, 2.24) is 5.32 Å². The second kappa shape index (κ2) is 5.76. The molecule has 1 aliphatic heterocycles. The summed E-state index contributed by atoms with van der Waals surface area (Å²) < 4.78 is 0. The summed E-state index contributed by atoms with van der Waals surface area (Å²) in [4.78, 5) is 12.3. The van der Waals surface area contributed by atoms with Gasteiger partial charge in [-0.05, 0) is 35.7 Å². The average Bonchev–Trinajstić information content (AvgIpc) is 2.50. The minimum absolute atomic E-state index is 0.000570. The first-order valence-electron chi connectivity index (χ1n) is 6.73. The molecule has 1 aliphatic rings. The number of nitrogens with one attached hydrogen (secondary N) is 2. The number of phenols is 1. The predicted octanol–water partition coefficient (Wildman–Crippen LogP) is 2.70. The molecule has 0 radical (unpaired) electrons. The molecule has 0 aromatic heterocycles. The SMILES string of the molecule is O=C(Nc1ccc(O)c(Cl)c1)[C@@H]1Cc2ccccc2CN1. The highest BCUT2D eigenvalue weighted by molar-refractivity contribution is 6.32. The summed E-state index contributed by atoms with van der Waals surface area (Å²) in [5.41, 5.74) is 3.00. The number of benzene rings is 2. The highest BCUT2D eigenvalue weighted by Crippen LogP contribution is 2.26. The van der Waals surface area contributed by atoms with E-state index in [1.54, 1.807) is 6.07 Å². The third kappa shape index (κ3) is 3.01. The van der Waals surface area contributed by atoms with Crippen LogP contribution in [0.15, 0.2) is 42.5 Å². The van der Waals surface area contributed by atoms with Crippen molar-refractivity contribution in [3.8, 4) is 5.75 Å². The lowest BCUT2D eigenvalue weighted by atomic mass is 9.95. The Labute approximate surface area is 127 Å². The van der Waals surface area contributed by atoms with Gasteiger partial charge in [-0.15, -0.1) is 0 Å². The first-order chi connectivity index (χ1) is 10.1. The molecule has 0 bridgehead atoms. The smallest absolute Gasteiger partial charge is 0.241 e. The van der Waals surface area contributed by atoms with Crippen LogP contribution in [-0.2, 0) is 17.8 Å². The van der Waals surface area contributed by atoms with E-state index in [9.17, 15) is 9.90 Å². The summed E-state index contributed by atoms with van der Waals surface area (Å²) in [7, 11) is 0. The standard InChI is InChI=1S/C16H15ClN2O2/c17-13-8-12(5-6-15(13)20)19-16(21)14-7-10-3-1-2-4-11(10)9-18-14/h1-6,8,14,18,20H,7,9H2,(H,19,21)/t14-/m0/s1. The lowest BCUT2D eigenvalue weighted by Gasteiger charge is -2.25. The third-order valence-electron chi connectivity index (χ3n) is 3.61. The normalized spacial score (nSPS) is 17.1. The fourth-order valence-electron chi connectivity index (χ4n) is 2.45. The van der Waals surface area contributed by atoms with Crippen LogP contribution in [0.1, 0.15) is 11.1 Å². The molecule has 0 saturated carbocycles. The van der Waals surface area contributed by atoms with Crippen molar-refractivity contribution in [2.75, 3.05) is 5.32 Å². The van der Waals surface area contributed by atoms with Gasteiger partial charge in [-0.3, -0.25) is 4.79 Å². The zero-order chi connectivity index (χ0) is 14.8. The van der Waals surface area contributed by atoms with Gasteiger partial charge in [-0.25, -0.2) is 0 Å². The van der Waals surface area contributed by atoms with Gasteiger partial charge >= 0.3 is 0 Å². The summed E-state index contributed by atoms with van der Waals surface area (Å²) in [6.45, 7) is 0.685. The molecule has 4 nitrogen and oxygen atoms in total. The summed E-state index contributed by atoms with van der Waals surface area (Å²) >= 11 is 5.83. The van der Waals surface area contributed by atoms with Crippen molar-refractivity contribution in [1.29, 1.82) is 0 Å². The summed E-state index contributed by atoms with van der Waals surface area (Å²) in [6, 6.07) is 12.4. The van der Waals surface area contributed by atoms with E-state index in [1.807, 2.05) is 18.2 Å². The number of halogens is 1. The maximum absolute atomic E-state index is 12.3. The Balaban J connectivity index is 1.70. The minimum Gasteiger partial charge on any atom is -0.506 e. The van der Waals surface area contributed by atoms with Crippen molar-refractivity contribution in [3.63, 3.8) is 0 Å². The van der Waals surface area contributed by atoms with Gasteiger partial charge in [-0.2, -0.15) is 0 Å². The topological polar surface area (TPSA) is 61.4 Å². The van der Waals surface area contributed by atoms with Crippen molar-refractivity contribution in [2.45, 2.75) is 19.0 Å². The number of carbonyl (C=O) groups excluding carboxylic acids is 1. The lowest BCUT2D eigenvalue weighted by molar-refractivity contribution is -0.118. The Kier molecular flexibility index (Phi) is 3.82. The van der Waals surface area contributed by atoms with Gasteiger partial charge in [0.1, 0.15) is 5.75 Å². The molecule has 0 saturated heterocycles. The summed E-state index contributed by atoms with van der Waals surface area (Å²) in [5.74, 6) is -0.106. The van der Waals surface area contributed by atoms with Crippen LogP contribution in [0.25, 0.3) is 0 Å². The molecule has 0 fully saturated rings. The molecule has 1 amide bonds. The Morgan fingerprint density at radius 1 is 1.24 bits per heavy atom. The van der Waals surface area contributed by atoms with Crippen LogP contribution in [0.5, 0.6) is 5.75 Å². The van der Waals surface area contributed by atoms with E-state index in [1.165, 1.54) is 23.3 Å². The minimum atomic E-state index is -0.271. The fourth-order valence-corrected chi connectivity index (χ4v) is 2.63. The van der Waals surface area contributed by atoms with Crippen LogP contribution in [0.3, 0.4) is 0 Å². The number of hydrogen-bond acceptors (Lipinski definition) is 3. The Hall–Kier alpha value is -2.04. The van der Waals surface area contributed by atoms with Crippen molar-refractivity contribution in [3.05, 3.63) is 58.6 Å². The van der Waals surface area contributed by atoms with E-state index < -0.39 is 0 Å². The molecule has 21 heavy (non-hydrogen) atoms. The number of hydrogen-bond donors (Lipinski definition) is 3. The van der Waals surface area contributed by atoms with Crippen LogP contribution in [-0.4, -0.2) is 17.1 Å². The van der Waals surface area contributed by atoms with Gasteiger partial charge in [-0.1, -0.05) is 35.9 Å². The van der Waals surface area contributed by atoms with Gasteiger partial charge in [0.2, 0.25) is 5.91 Å². The van der Waals surface area contributed by atoms with Crippen LogP contribution in [0, 0.1) is 0 Å². The molecule has 0 spiro atoms. The van der Waals surface area contributed by atoms with Crippen LogP contribution in [0.4, 0.5) is 5.69 Å². The molecule has 3 rings (SSSR count). The first-order valence-corrected chi connectivity index (χ1v) is 7.11. The van der Waals surface area contributed by atoms with Gasteiger partial charge < -0.3 is 15.7 Å². The molecule has 0 unspecified atom stereocenters. The molecule has 1 atom stereocenters. The van der Waals surface area contributed by atoms with Crippen LogP contribution < -0.4 is 10.6 Å². The monoisotopic (exact) mass is 302 g/mol.